The number of nitrogens with zero attached hydrogens (tertiary/aromatic N) is 3. The van der Waals surface area contributed by atoms with Crippen LogP contribution in [0.25, 0.3) is 0 Å². The predicted molar refractivity (Wildman–Crippen MR) is 128 cm³/mol. The van der Waals surface area contributed by atoms with Crippen molar-refractivity contribution in [3.8, 4) is 0 Å². The molecule has 1 atom stereocenters. The van der Waals surface area contributed by atoms with Gasteiger partial charge in [-0.15, -0.1) is 24.0 Å². The summed E-state index contributed by atoms with van der Waals surface area (Å²) in [6.45, 7) is 4.36. The van der Waals surface area contributed by atoms with E-state index in [2.05, 4.69) is 25.9 Å². The molecule has 0 spiro atoms. The molecular formula is C21H28FIN6O. The first kappa shape index (κ1) is 23.8. The molecule has 2 heterocycles. The third-order valence-corrected chi connectivity index (χ3v) is 4.77. The van der Waals surface area contributed by atoms with Gasteiger partial charge in [-0.2, -0.15) is 0 Å². The first-order chi connectivity index (χ1) is 14.1. The van der Waals surface area contributed by atoms with Crippen molar-refractivity contribution in [1.29, 1.82) is 0 Å². The van der Waals surface area contributed by atoms with Gasteiger partial charge in [0.15, 0.2) is 17.6 Å². The standard InChI is InChI=1S/C21H27FN6O.HI/c1-15-5-3-6-16(13-15)20(29)25-10-11-26-21(23-2)27-17-8-12-28(14-17)19-18(22)7-4-9-24-19;/h3-7,9,13,17H,8,10-12,14H2,1-2H3,(H,25,29)(H2,23,26,27);1H. The number of amides is 1. The fourth-order valence-corrected chi connectivity index (χ4v) is 3.31. The number of rotatable bonds is 6. The van der Waals surface area contributed by atoms with Crippen LogP contribution in [0.1, 0.15) is 22.3 Å². The van der Waals surface area contributed by atoms with Gasteiger partial charge in [-0.1, -0.05) is 17.7 Å². The molecule has 1 aliphatic heterocycles. The molecule has 1 aromatic carbocycles. The maximum atomic E-state index is 13.9. The molecule has 0 bridgehead atoms. The minimum Gasteiger partial charge on any atom is -0.355 e. The molecule has 9 heteroatoms. The zero-order valence-electron chi connectivity index (χ0n) is 17.2. The summed E-state index contributed by atoms with van der Waals surface area (Å²) in [5.41, 5.74) is 1.71. The maximum Gasteiger partial charge on any atom is 0.251 e. The van der Waals surface area contributed by atoms with E-state index in [4.69, 9.17) is 0 Å². The minimum atomic E-state index is -0.306. The van der Waals surface area contributed by atoms with E-state index in [1.807, 2.05) is 30.0 Å². The molecule has 3 N–H and O–H groups in total. The van der Waals surface area contributed by atoms with E-state index in [-0.39, 0.29) is 41.7 Å². The molecule has 1 fully saturated rings. The van der Waals surface area contributed by atoms with Gasteiger partial charge in [-0.3, -0.25) is 9.79 Å². The number of guanidine groups is 1. The average molecular weight is 526 g/mol. The molecule has 3 rings (SSSR count). The highest BCUT2D eigenvalue weighted by Crippen LogP contribution is 2.20. The van der Waals surface area contributed by atoms with E-state index >= 15 is 0 Å². The number of aromatic nitrogens is 1. The van der Waals surface area contributed by atoms with Gasteiger partial charge in [0.25, 0.3) is 5.91 Å². The number of nitrogens with one attached hydrogen (secondary N) is 3. The molecule has 30 heavy (non-hydrogen) atoms. The summed E-state index contributed by atoms with van der Waals surface area (Å²) in [5.74, 6) is 0.643. The van der Waals surface area contributed by atoms with Crippen molar-refractivity contribution in [3.63, 3.8) is 0 Å². The van der Waals surface area contributed by atoms with E-state index < -0.39 is 0 Å². The molecule has 1 unspecified atom stereocenters. The number of anilines is 1. The monoisotopic (exact) mass is 526 g/mol. The number of carbonyl (C=O) groups is 1. The molecule has 162 valence electrons. The Balaban J connectivity index is 0.00000320. The Morgan fingerprint density at radius 3 is 2.80 bits per heavy atom. The molecule has 0 radical (unpaired) electrons. The molecule has 7 nitrogen and oxygen atoms in total. The molecule has 1 saturated heterocycles. The molecule has 2 aromatic rings. The second-order valence-corrected chi connectivity index (χ2v) is 7.01. The highest BCUT2D eigenvalue weighted by molar-refractivity contribution is 14.0. The molecule has 1 aliphatic rings. The first-order valence-corrected chi connectivity index (χ1v) is 9.74. The summed E-state index contributed by atoms with van der Waals surface area (Å²) in [5, 5.41) is 9.43. The minimum absolute atomic E-state index is 0. The van der Waals surface area contributed by atoms with Gasteiger partial charge in [0.1, 0.15) is 0 Å². The molecule has 1 amide bonds. The van der Waals surface area contributed by atoms with Crippen LogP contribution >= 0.6 is 24.0 Å². The first-order valence-electron chi connectivity index (χ1n) is 9.74. The number of hydrogen-bond acceptors (Lipinski definition) is 4. The lowest BCUT2D eigenvalue weighted by Crippen LogP contribution is -2.46. The number of aliphatic imine (C=N–C) groups is 1. The smallest absolute Gasteiger partial charge is 0.251 e. The zero-order valence-corrected chi connectivity index (χ0v) is 19.5. The SMILES string of the molecule is CN=C(NCCNC(=O)c1cccc(C)c1)NC1CCN(c2ncccc2F)C1.I. The summed E-state index contributed by atoms with van der Waals surface area (Å²) in [6.07, 6.45) is 2.46. The van der Waals surface area contributed by atoms with E-state index in [0.717, 1.165) is 18.5 Å². The normalized spacial score (nSPS) is 16.0. The Kier molecular flexibility index (Phi) is 9.28. The fraction of sp³-hybridized carbons (Fsp3) is 0.381. The average Bonchev–Trinajstić information content (AvgIpc) is 3.18. The van der Waals surface area contributed by atoms with E-state index in [9.17, 15) is 9.18 Å². The van der Waals surface area contributed by atoms with Crippen LogP contribution in [0, 0.1) is 12.7 Å². The van der Waals surface area contributed by atoms with Gasteiger partial charge >= 0.3 is 0 Å². The summed E-state index contributed by atoms with van der Waals surface area (Å²) >= 11 is 0. The Bertz CT molecular complexity index is 878. The van der Waals surface area contributed by atoms with Crippen LogP contribution in [-0.2, 0) is 0 Å². The van der Waals surface area contributed by atoms with Crippen LogP contribution in [0.3, 0.4) is 0 Å². The Labute approximate surface area is 193 Å². The van der Waals surface area contributed by atoms with Gasteiger partial charge in [0.2, 0.25) is 0 Å². The quantitative estimate of drug-likeness (QED) is 0.233. The summed E-state index contributed by atoms with van der Waals surface area (Å²) in [7, 11) is 1.70. The number of hydrogen-bond donors (Lipinski definition) is 3. The number of carbonyl (C=O) groups excluding carboxylic acids is 1. The van der Waals surface area contributed by atoms with Crippen LogP contribution in [0.5, 0.6) is 0 Å². The third-order valence-electron chi connectivity index (χ3n) is 4.77. The molecule has 0 saturated carbocycles. The van der Waals surface area contributed by atoms with Crippen molar-refractivity contribution in [1.82, 2.24) is 20.9 Å². The van der Waals surface area contributed by atoms with Crippen LogP contribution in [0.4, 0.5) is 10.2 Å². The second-order valence-electron chi connectivity index (χ2n) is 7.01. The Morgan fingerprint density at radius 2 is 2.07 bits per heavy atom. The maximum absolute atomic E-state index is 13.9. The largest absolute Gasteiger partial charge is 0.355 e. The molecular weight excluding hydrogens is 498 g/mol. The van der Waals surface area contributed by atoms with Crippen LogP contribution in [-0.4, -0.2) is 56.1 Å². The van der Waals surface area contributed by atoms with Gasteiger partial charge in [0, 0.05) is 51.0 Å². The lowest BCUT2D eigenvalue weighted by molar-refractivity contribution is 0.0954. The number of pyridine rings is 1. The van der Waals surface area contributed by atoms with Crippen molar-refractivity contribution in [2.24, 2.45) is 4.99 Å². The van der Waals surface area contributed by atoms with E-state index in [1.165, 1.54) is 6.07 Å². The lowest BCUT2D eigenvalue weighted by atomic mass is 10.1. The topological polar surface area (TPSA) is 81.6 Å². The van der Waals surface area contributed by atoms with Crippen molar-refractivity contribution >= 4 is 41.7 Å². The van der Waals surface area contributed by atoms with Gasteiger partial charge in [0.05, 0.1) is 0 Å². The van der Waals surface area contributed by atoms with Crippen molar-refractivity contribution in [2.75, 3.05) is 38.1 Å². The van der Waals surface area contributed by atoms with Gasteiger partial charge in [-0.25, -0.2) is 9.37 Å². The fourth-order valence-electron chi connectivity index (χ4n) is 3.31. The number of halogens is 2. The Morgan fingerprint density at radius 1 is 1.27 bits per heavy atom. The summed E-state index contributed by atoms with van der Waals surface area (Å²) in [4.78, 5) is 22.5. The highest BCUT2D eigenvalue weighted by atomic mass is 127. The van der Waals surface area contributed by atoms with Crippen LogP contribution < -0.4 is 20.9 Å². The number of aryl methyl sites for hydroxylation is 1. The molecule has 1 aromatic heterocycles. The third kappa shape index (κ3) is 6.54. The molecule has 0 aliphatic carbocycles. The number of benzene rings is 1. The van der Waals surface area contributed by atoms with Gasteiger partial charge in [-0.05, 0) is 37.6 Å². The van der Waals surface area contributed by atoms with Gasteiger partial charge < -0.3 is 20.9 Å². The second kappa shape index (κ2) is 11.7. The summed E-state index contributed by atoms with van der Waals surface area (Å²) < 4.78 is 13.9. The lowest BCUT2D eigenvalue weighted by Gasteiger charge is -2.20. The van der Waals surface area contributed by atoms with Crippen molar-refractivity contribution < 1.29 is 9.18 Å². The Hall–Kier alpha value is -2.43. The van der Waals surface area contributed by atoms with E-state index in [0.29, 0.717) is 37.0 Å². The van der Waals surface area contributed by atoms with Crippen LogP contribution in [0.2, 0.25) is 0 Å². The van der Waals surface area contributed by atoms with Crippen molar-refractivity contribution in [2.45, 2.75) is 19.4 Å². The van der Waals surface area contributed by atoms with Crippen LogP contribution in [0.15, 0.2) is 47.6 Å². The van der Waals surface area contributed by atoms with Crippen molar-refractivity contribution in [3.05, 3.63) is 59.5 Å². The highest BCUT2D eigenvalue weighted by Gasteiger charge is 2.25. The zero-order chi connectivity index (χ0) is 20.6. The predicted octanol–water partition coefficient (Wildman–Crippen LogP) is 2.32. The van der Waals surface area contributed by atoms with E-state index in [1.54, 1.807) is 25.4 Å². The summed E-state index contributed by atoms with van der Waals surface area (Å²) in [6, 6.07) is 10.6.